The summed E-state index contributed by atoms with van der Waals surface area (Å²) in [4.78, 5) is 22.7. The zero-order valence-electron chi connectivity index (χ0n) is 11.7. The van der Waals surface area contributed by atoms with Crippen molar-refractivity contribution in [2.75, 3.05) is 11.9 Å². The second-order valence-corrected chi connectivity index (χ2v) is 5.35. The number of nitrogens with one attached hydrogen (secondary N) is 1. The molecule has 1 amide bonds. The van der Waals surface area contributed by atoms with Crippen molar-refractivity contribution in [3.05, 3.63) is 30.6 Å². The fourth-order valence-corrected chi connectivity index (χ4v) is 2.63. The summed E-state index contributed by atoms with van der Waals surface area (Å²) in [6.07, 6.45) is 2.35. The van der Waals surface area contributed by atoms with Crippen LogP contribution in [0.25, 0.3) is 10.9 Å². The third-order valence-electron chi connectivity index (χ3n) is 3.72. The zero-order chi connectivity index (χ0) is 14.1. The molecule has 5 heteroatoms. The van der Waals surface area contributed by atoms with Crippen molar-refractivity contribution in [2.24, 2.45) is 0 Å². The molecule has 2 aromatic rings. The first kappa shape index (κ1) is 12.8. The van der Waals surface area contributed by atoms with Crippen LogP contribution in [0.2, 0.25) is 0 Å². The standard InChI is InChI=1S/C15H18N4O/c1-10(2)19-8-7-13(15(19)20)18-14-11-5-3-4-6-12(11)16-9-17-14/h3-6,9-10,13H,7-8H2,1-2H3,(H,16,17,18). The number of likely N-dealkylation sites (tertiary alicyclic amines) is 1. The lowest BCUT2D eigenvalue weighted by Gasteiger charge is -2.21. The molecule has 0 radical (unpaired) electrons. The minimum atomic E-state index is -0.185. The van der Waals surface area contributed by atoms with Crippen LogP contribution in [-0.4, -0.2) is 39.4 Å². The van der Waals surface area contributed by atoms with Crippen molar-refractivity contribution in [1.29, 1.82) is 0 Å². The van der Waals surface area contributed by atoms with Gasteiger partial charge in [0.25, 0.3) is 0 Å². The van der Waals surface area contributed by atoms with Crippen molar-refractivity contribution in [3.8, 4) is 0 Å². The molecule has 2 heterocycles. The molecule has 1 aliphatic heterocycles. The fraction of sp³-hybridized carbons (Fsp3) is 0.400. The first-order valence-electron chi connectivity index (χ1n) is 6.93. The van der Waals surface area contributed by atoms with Crippen molar-refractivity contribution >= 4 is 22.6 Å². The highest BCUT2D eigenvalue weighted by Crippen LogP contribution is 2.23. The number of amides is 1. The number of para-hydroxylation sites is 1. The number of hydrogen-bond donors (Lipinski definition) is 1. The van der Waals surface area contributed by atoms with Gasteiger partial charge in [0.2, 0.25) is 5.91 Å². The van der Waals surface area contributed by atoms with Crippen molar-refractivity contribution in [1.82, 2.24) is 14.9 Å². The van der Waals surface area contributed by atoms with Crippen LogP contribution in [0, 0.1) is 0 Å². The number of aromatic nitrogens is 2. The van der Waals surface area contributed by atoms with Crippen LogP contribution >= 0.6 is 0 Å². The summed E-state index contributed by atoms with van der Waals surface area (Å²) < 4.78 is 0. The van der Waals surface area contributed by atoms with Gasteiger partial charge in [-0.25, -0.2) is 9.97 Å². The maximum Gasteiger partial charge on any atom is 0.245 e. The summed E-state index contributed by atoms with van der Waals surface area (Å²) in [6, 6.07) is 7.87. The van der Waals surface area contributed by atoms with Crippen LogP contribution in [-0.2, 0) is 4.79 Å². The molecule has 0 aliphatic carbocycles. The Kier molecular flexibility index (Phi) is 3.26. The van der Waals surface area contributed by atoms with E-state index < -0.39 is 0 Å². The summed E-state index contributed by atoms with van der Waals surface area (Å²) in [6.45, 7) is 4.89. The van der Waals surface area contributed by atoms with Gasteiger partial charge in [-0.15, -0.1) is 0 Å². The molecule has 3 rings (SSSR count). The quantitative estimate of drug-likeness (QED) is 0.927. The molecule has 1 fully saturated rings. The first-order valence-corrected chi connectivity index (χ1v) is 6.93. The molecule has 0 saturated carbocycles. The minimum absolute atomic E-state index is 0.155. The van der Waals surface area contributed by atoms with Crippen molar-refractivity contribution in [3.63, 3.8) is 0 Å². The summed E-state index contributed by atoms with van der Waals surface area (Å²) in [5.74, 6) is 0.891. The smallest absolute Gasteiger partial charge is 0.245 e. The molecule has 1 N–H and O–H groups in total. The summed E-state index contributed by atoms with van der Waals surface area (Å²) in [5.41, 5.74) is 0.885. The highest BCUT2D eigenvalue weighted by atomic mass is 16.2. The van der Waals surface area contributed by atoms with E-state index in [2.05, 4.69) is 15.3 Å². The monoisotopic (exact) mass is 270 g/mol. The van der Waals surface area contributed by atoms with E-state index in [-0.39, 0.29) is 18.0 Å². The summed E-state index contributed by atoms with van der Waals surface area (Å²) in [7, 11) is 0. The van der Waals surface area contributed by atoms with E-state index >= 15 is 0 Å². The van der Waals surface area contributed by atoms with E-state index in [1.165, 1.54) is 6.33 Å². The second kappa shape index (κ2) is 5.07. The van der Waals surface area contributed by atoms with Crippen molar-refractivity contribution < 1.29 is 4.79 Å². The van der Waals surface area contributed by atoms with Crippen LogP contribution in [0.4, 0.5) is 5.82 Å². The molecule has 1 aliphatic rings. The van der Waals surface area contributed by atoms with Gasteiger partial charge in [0.15, 0.2) is 0 Å². The SMILES string of the molecule is CC(C)N1CCC(Nc2ncnc3ccccc23)C1=O. The predicted octanol–water partition coefficient (Wildman–Crippen LogP) is 2.05. The van der Waals surface area contributed by atoms with Gasteiger partial charge in [0.1, 0.15) is 18.2 Å². The number of carbonyl (C=O) groups is 1. The molecule has 0 spiro atoms. The van der Waals surface area contributed by atoms with Crippen molar-refractivity contribution in [2.45, 2.75) is 32.4 Å². The van der Waals surface area contributed by atoms with Crippen LogP contribution in [0.1, 0.15) is 20.3 Å². The Morgan fingerprint density at radius 2 is 2.10 bits per heavy atom. The highest BCUT2D eigenvalue weighted by molar-refractivity contribution is 5.92. The maximum absolute atomic E-state index is 12.3. The van der Waals surface area contributed by atoms with Gasteiger partial charge in [-0.05, 0) is 32.4 Å². The van der Waals surface area contributed by atoms with Gasteiger partial charge in [-0.1, -0.05) is 12.1 Å². The third-order valence-corrected chi connectivity index (χ3v) is 3.72. The van der Waals surface area contributed by atoms with E-state index in [0.29, 0.717) is 0 Å². The van der Waals surface area contributed by atoms with Gasteiger partial charge >= 0.3 is 0 Å². The number of benzene rings is 1. The molecule has 1 aromatic heterocycles. The van der Waals surface area contributed by atoms with Gasteiger partial charge in [0, 0.05) is 18.0 Å². The van der Waals surface area contributed by atoms with E-state index in [9.17, 15) is 4.79 Å². The highest BCUT2D eigenvalue weighted by Gasteiger charge is 2.33. The molecule has 20 heavy (non-hydrogen) atoms. The van der Waals surface area contributed by atoms with Gasteiger partial charge in [-0.2, -0.15) is 0 Å². The van der Waals surface area contributed by atoms with Gasteiger partial charge in [-0.3, -0.25) is 4.79 Å². The number of anilines is 1. The van der Waals surface area contributed by atoms with Crippen LogP contribution in [0.15, 0.2) is 30.6 Å². The van der Waals surface area contributed by atoms with E-state index in [1.807, 2.05) is 43.0 Å². The van der Waals surface area contributed by atoms with Gasteiger partial charge in [0.05, 0.1) is 5.52 Å². The molecular formula is C15H18N4O. The lowest BCUT2D eigenvalue weighted by atomic mass is 10.2. The summed E-state index contributed by atoms with van der Waals surface area (Å²) >= 11 is 0. The Bertz CT molecular complexity index is 635. The lowest BCUT2D eigenvalue weighted by Crippen LogP contribution is -2.37. The number of hydrogen-bond acceptors (Lipinski definition) is 4. The summed E-state index contributed by atoms with van der Waals surface area (Å²) in [5, 5.41) is 4.23. The third kappa shape index (κ3) is 2.19. The zero-order valence-corrected chi connectivity index (χ0v) is 11.7. The van der Waals surface area contributed by atoms with E-state index in [1.54, 1.807) is 0 Å². The molecule has 1 aromatic carbocycles. The average Bonchev–Trinajstić information content (AvgIpc) is 2.81. The predicted molar refractivity (Wildman–Crippen MR) is 78.4 cm³/mol. The van der Waals surface area contributed by atoms with Gasteiger partial charge < -0.3 is 10.2 Å². The Morgan fingerprint density at radius 1 is 1.30 bits per heavy atom. The number of carbonyl (C=O) groups excluding carboxylic acids is 1. The lowest BCUT2D eigenvalue weighted by molar-refractivity contribution is -0.129. The topological polar surface area (TPSA) is 58.1 Å². The van der Waals surface area contributed by atoms with E-state index in [0.717, 1.165) is 29.7 Å². The molecule has 104 valence electrons. The normalized spacial score (nSPS) is 19.1. The molecule has 1 unspecified atom stereocenters. The average molecular weight is 270 g/mol. The number of rotatable bonds is 3. The Labute approximate surface area is 118 Å². The molecule has 5 nitrogen and oxygen atoms in total. The Balaban J connectivity index is 1.86. The largest absolute Gasteiger partial charge is 0.358 e. The fourth-order valence-electron chi connectivity index (χ4n) is 2.63. The van der Waals surface area contributed by atoms with E-state index in [4.69, 9.17) is 0 Å². The molecular weight excluding hydrogens is 252 g/mol. The Hall–Kier alpha value is -2.17. The Morgan fingerprint density at radius 3 is 2.85 bits per heavy atom. The first-order chi connectivity index (χ1) is 9.66. The molecule has 0 bridgehead atoms. The maximum atomic E-state index is 12.3. The number of fused-ring (bicyclic) bond motifs is 1. The minimum Gasteiger partial charge on any atom is -0.358 e. The molecule has 1 saturated heterocycles. The van der Waals surface area contributed by atoms with Crippen LogP contribution in [0.3, 0.4) is 0 Å². The van der Waals surface area contributed by atoms with Crippen LogP contribution < -0.4 is 5.32 Å². The molecule has 1 atom stereocenters. The van der Waals surface area contributed by atoms with Crippen LogP contribution in [0.5, 0.6) is 0 Å². The number of nitrogens with zero attached hydrogens (tertiary/aromatic N) is 3. The second-order valence-electron chi connectivity index (χ2n) is 5.35.